The van der Waals surface area contributed by atoms with Gasteiger partial charge in [-0.1, -0.05) is 35.3 Å². The first kappa shape index (κ1) is 13.2. The van der Waals surface area contributed by atoms with Gasteiger partial charge < -0.3 is 5.32 Å². The van der Waals surface area contributed by atoms with E-state index in [0.717, 1.165) is 22.2 Å². The zero-order valence-corrected chi connectivity index (χ0v) is 12.1. The molecule has 0 bridgehead atoms. The third-order valence-electron chi connectivity index (χ3n) is 3.13. The fraction of sp³-hybridized carbons (Fsp3) is 0.0625. The van der Waals surface area contributed by atoms with Gasteiger partial charge in [-0.05, 0) is 36.4 Å². The number of halogens is 2. The molecule has 4 heteroatoms. The van der Waals surface area contributed by atoms with E-state index >= 15 is 0 Å². The minimum atomic E-state index is 0.588. The first-order valence-corrected chi connectivity index (χ1v) is 7.01. The highest BCUT2D eigenvalue weighted by molar-refractivity contribution is 6.36. The molecule has 2 nitrogen and oxygen atoms in total. The van der Waals surface area contributed by atoms with Gasteiger partial charge in [0.2, 0.25) is 0 Å². The van der Waals surface area contributed by atoms with Crippen molar-refractivity contribution >= 4 is 39.8 Å². The summed E-state index contributed by atoms with van der Waals surface area (Å²) in [6.07, 6.45) is 1.79. The Morgan fingerprint density at radius 1 is 0.950 bits per heavy atom. The fourth-order valence-corrected chi connectivity index (χ4v) is 2.61. The Hall–Kier alpha value is -1.77. The summed E-state index contributed by atoms with van der Waals surface area (Å²) in [5.74, 6) is 0. The number of pyridine rings is 1. The Balaban J connectivity index is 1.83. The second-order valence-electron chi connectivity index (χ2n) is 4.46. The minimum Gasteiger partial charge on any atom is -0.381 e. The molecule has 100 valence electrons. The number of fused-ring (bicyclic) bond motifs is 1. The molecule has 0 aliphatic rings. The van der Waals surface area contributed by atoms with Gasteiger partial charge in [0.15, 0.2) is 0 Å². The van der Waals surface area contributed by atoms with Gasteiger partial charge in [-0.15, -0.1) is 0 Å². The van der Waals surface area contributed by atoms with Crippen molar-refractivity contribution in [2.75, 3.05) is 5.32 Å². The second kappa shape index (κ2) is 5.70. The van der Waals surface area contributed by atoms with E-state index in [1.807, 2.05) is 42.5 Å². The average Bonchev–Trinajstić information content (AvgIpc) is 2.46. The summed E-state index contributed by atoms with van der Waals surface area (Å²) >= 11 is 12.3. The van der Waals surface area contributed by atoms with Crippen molar-refractivity contribution < 1.29 is 0 Å². The molecule has 0 aliphatic carbocycles. The lowest BCUT2D eigenvalue weighted by Crippen LogP contribution is -2.00. The molecule has 1 aromatic heterocycles. The molecule has 0 amide bonds. The fourth-order valence-electron chi connectivity index (χ4n) is 2.08. The van der Waals surface area contributed by atoms with Crippen molar-refractivity contribution in [3.63, 3.8) is 0 Å². The normalized spacial score (nSPS) is 10.7. The van der Waals surface area contributed by atoms with Gasteiger partial charge in [-0.3, -0.25) is 4.98 Å². The number of rotatable bonds is 3. The van der Waals surface area contributed by atoms with Crippen molar-refractivity contribution in [1.82, 2.24) is 4.98 Å². The highest BCUT2D eigenvalue weighted by Gasteiger charge is 2.05. The standard InChI is InChI=1S/C16H12Cl2N2/c17-14-4-1-5-15(18)13(14)10-20-12-6-7-16-11(9-12)3-2-8-19-16/h1-9,20H,10H2. The van der Waals surface area contributed by atoms with Gasteiger partial charge in [0.1, 0.15) is 0 Å². The van der Waals surface area contributed by atoms with E-state index in [0.29, 0.717) is 16.6 Å². The molecule has 0 radical (unpaired) electrons. The smallest absolute Gasteiger partial charge is 0.0703 e. The van der Waals surface area contributed by atoms with Crippen LogP contribution in [0.1, 0.15) is 5.56 Å². The Kier molecular flexibility index (Phi) is 3.77. The summed E-state index contributed by atoms with van der Waals surface area (Å²) < 4.78 is 0. The monoisotopic (exact) mass is 302 g/mol. The van der Waals surface area contributed by atoms with Crippen molar-refractivity contribution in [3.05, 3.63) is 70.3 Å². The van der Waals surface area contributed by atoms with Gasteiger partial charge in [0, 0.05) is 39.4 Å². The summed E-state index contributed by atoms with van der Waals surface area (Å²) in [5, 5.41) is 5.78. The van der Waals surface area contributed by atoms with Crippen LogP contribution in [0, 0.1) is 0 Å². The maximum atomic E-state index is 6.16. The molecular weight excluding hydrogens is 291 g/mol. The number of nitrogens with zero attached hydrogens (tertiary/aromatic N) is 1. The SMILES string of the molecule is Clc1cccc(Cl)c1CNc1ccc2ncccc2c1. The van der Waals surface area contributed by atoms with E-state index < -0.39 is 0 Å². The third kappa shape index (κ3) is 2.72. The molecule has 0 aliphatic heterocycles. The van der Waals surface area contributed by atoms with Crippen molar-refractivity contribution in [1.29, 1.82) is 0 Å². The summed E-state index contributed by atoms with van der Waals surface area (Å²) in [5.41, 5.74) is 2.90. The second-order valence-corrected chi connectivity index (χ2v) is 5.28. The summed E-state index contributed by atoms with van der Waals surface area (Å²) in [4.78, 5) is 4.30. The van der Waals surface area contributed by atoms with Crippen LogP contribution in [0.5, 0.6) is 0 Å². The largest absolute Gasteiger partial charge is 0.381 e. The van der Waals surface area contributed by atoms with Crippen LogP contribution in [0.3, 0.4) is 0 Å². The van der Waals surface area contributed by atoms with Crippen LogP contribution in [-0.2, 0) is 6.54 Å². The van der Waals surface area contributed by atoms with E-state index in [1.165, 1.54) is 0 Å². The number of nitrogens with one attached hydrogen (secondary N) is 1. The van der Waals surface area contributed by atoms with Gasteiger partial charge in [0.25, 0.3) is 0 Å². The van der Waals surface area contributed by atoms with Gasteiger partial charge in [-0.2, -0.15) is 0 Å². The van der Waals surface area contributed by atoms with Crippen LogP contribution in [0.15, 0.2) is 54.7 Å². The number of anilines is 1. The Morgan fingerprint density at radius 2 is 1.75 bits per heavy atom. The molecule has 3 rings (SSSR count). The molecule has 0 unspecified atom stereocenters. The van der Waals surface area contributed by atoms with Gasteiger partial charge >= 0.3 is 0 Å². The van der Waals surface area contributed by atoms with Crippen molar-refractivity contribution in [2.24, 2.45) is 0 Å². The van der Waals surface area contributed by atoms with Crippen LogP contribution in [0.25, 0.3) is 10.9 Å². The maximum absolute atomic E-state index is 6.16. The van der Waals surface area contributed by atoms with E-state index in [-0.39, 0.29) is 0 Å². The molecule has 1 N–H and O–H groups in total. The predicted molar refractivity (Wildman–Crippen MR) is 85.5 cm³/mol. The van der Waals surface area contributed by atoms with E-state index in [1.54, 1.807) is 6.20 Å². The number of hydrogen-bond acceptors (Lipinski definition) is 2. The quantitative estimate of drug-likeness (QED) is 0.723. The lowest BCUT2D eigenvalue weighted by atomic mass is 10.2. The van der Waals surface area contributed by atoms with Crippen LogP contribution >= 0.6 is 23.2 Å². The zero-order chi connectivity index (χ0) is 13.9. The van der Waals surface area contributed by atoms with Crippen LogP contribution in [0.2, 0.25) is 10.0 Å². The Bertz CT molecular complexity index is 736. The molecular formula is C16H12Cl2N2. The predicted octanol–water partition coefficient (Wildman–Crippen LogP) is 5.15. The lowest BCUT2D eigenvalue weighted by Gasteiger charge is -2.10. The number of benzene rings is 2. The van der Waals surface area contributed by atoms with E-state index in [2.05, 4.69) is 16.4 Å². The molecule has 2 aromatic carbocycles. The van der Waals surface area contributed by atoms with E-state index in [9.17, 15) is 0 Å². The lowest BCUT2D eigenvalue weighted by molar-refractivity contribution is 1.15. The van der Waals surface area contributed by atoms with Gasteiger partial charge in [0.05, 0.1) is 5.52 Å². The zero-order valence-electron chi connectivity index (χ0n) is 10.6. The Labute approximate surface area is 127 Å². The molecule has 3 aromatic rings. The summed E-state index contributed by atoms with van der Waals surface area (Å²) in [7, 11) is 0. The maximum Gasteiger partial charge on any atom is 0.0703 e. The molecule has 20 heavy (non-hydrogen) atoms. The molecule has 0 saturated heterocycles. The molecule has 0 spiro atoms. The summed E-state index contributed by atoms with van der Waals surface area (Å²) in [6, 6.07) is 15.5. The number of hydrogen-bond donors (Lipinski definition) is 1. The highest BCUT2D eigenvalue weighted by Crippen LogP contribution is 2.25. The molecule has 0 atom stereocenters. The first-order chi connectivity index (χ1) is 9.74. The first-order valence-electron chi connectivity index (χ1n) is 6.25. The number of aromatic nitrogens is 1. The van der Waals surface area contributed by atoms with Crippen molar-refractivity contribution in [3.8, 4) is 0 Å². The average molecular weight is 303 g/mol. The van der Waals surface area contributed by atoms with Crippen LogP contribution in [-0.4, -0.2) is 4.98 Å². The summed E-state index contributed by atoms with van der Waals surface area (Å²) in [6.45, 7) is 0.588. The molecule has 1 heterocycles. The molecule has 0 saturated carbocycles. The third-order valence-corrected chi connectivity index (χ3v) is 3.84. The van der Waals surface area contributed by atoms with Crippen LogP contribution < -0.4 is 5.32 Å². The topological polar surface area (TPSA) is 24.9 Å². The van der Waals surface area contributed by atoms with Crippen molar-refractivity contribution in [2.45, 2.75) is 6.54 Å². The minimum absolute atomic E-state index is 0.588. The van der Waals surface area contributed by atoms with E-state index in [4.69, 9.17) is 23.2 Å². The Morgan fingerprint density at radius 3 is 2.55 bits per heavy atom. The van der Waals surface area contributed by atoms with Crippen LogP contribution in [0.4, 0.5) is 5.69 Å². The van der Waals surface area contributed by atoms with Gasteiger partial charge in [-0.25, -0.2) is 0 Å². The highest BCUT2D eigenvalue weighted by atomic mass is 35.5. The molecule has 0 fully saturated rings.